The molecule has 5 N–H and O–H groups in total. The van der Waals surface area contributed by atoms with Crippen LogP contribution in [0.2, 0.25) is 0 Å². The number of hydrogen-bond acceptors (Lipinski definition) is 14. The van der Waals surface area contributed by atoms with Gasteiger partial charge in [-0.05, 0) is 45.2 Å². The number of amides is 3. The van der Waals surface area contributed by atoms with Gasteiger partial charge in [0.05, 0.1) is 38.4 Å². The summed E-state index contributed by atoms with van der Waals surface area (Å²) in [7, 11) is 0. The molecule has 2 aliphatic rings. The van der Waals surface area contributed by atoms with Crippen LogP contribution in [0, 0.1) is 5.41 Å². The Morgan fingerprint density at radius 1 is 0.882 bits per heavy atom. The zero-order chi connectivity index (χ0) is 37.6. The lowest BCUT2D eigenvalue weighted by Gasteiger charge is -2.38. The summed E-state index contributed by atoms with van der Waals surface area (Å²) < 4.78 is 33.0. The average Bonchev–Trinajstić information content (AvgIpc) is 3.40. The maximum Gasteiger partial charge on any atom is 0.335 e. The van der Waals surface area contributed by atoms with Gasteiger partial charge in [0.15, 0.2) is 6.10 Å². The van der Waals surface area contributed by atoms with Crippen LogP contribution in [-0.2, 0) is 60.7 Å². The molecule has 51 heavy (non-hydrogen) atoms. The summed E-state index contributed by atoms with van der Waals surface area (Å²) >= 11 is 0. The Balaban J connectivity index is 1.34. The van der Waals surface area contributed by atoms with E-state index in [9.17, 15) is 44.4 Å². The molecule has 5 atom stereocenters. The summed E-state index contributed by atoms with van der Waals surface area (Å²) in [6, 6.07) is 5.10. The molecule has 0 bridgehead atoms. The fourth-order valence-electron chi connectivity index (χ4n) is 4.75. The van der Waals surface area contributed by atoms with Gasteiger partial charge in [-0.15, -0.1) is 0 Å². The monoisotopic (exact) mass is 724 g/mol. The van der Waals surface area contributed by atoms with E-state index in [0.29, 0.717) is 51.4 Å². The molecule has 284 valence electrons. The van der Waals surface area contributed by atoms with Crippen molar-refractivity contribution in [2.45, 2.75) is 77.3 Å². The van der Waals surface area contributed by atoms with Crippen molar-refractivity contribution in [3.8, 4) is 5.75 Å². The predicted molar refractivity (Wildman–Crippen MR) is 175 cm³/mol. The number of nitrogens with zero attached hydrogens (tertiary/aromatic N) is 1. The van der Waals surface area contributed by atoms with Gasteiger partial charge in [-0.25, -0.2) is 4.79 Å². The first kappa shape index (κ1) is 41.5. The van der Waals surface area contributed by atoms with Gasteiger partial charge < -0.3 is 54.2 Å². The lowest BCUT2D eigenvalue weighted by Crippen LogP contribution is -2.61. The number of carboxylic acids is 1. The molecule has 17 nitrogen and oxygen atoms in total. The topological polar surface area (TPSA) is 237 Å². The van der Waals surface area contributed by atoms with Crippen molar-refractivity contribution in [3.63, 3.8) is 0 Å². The second kappa shape index (κ2) is 20.2. The van der Waals surface area contributed by atoms with Gasteiger partial charge in [-0.2, -0.15) is 0 Å². The van der Waals surface area contributed by atoms with E-state index in [1.165, 1.54) is 12.2 Å². The van der Waals surface area contributed by atoms with Gasteiger partial charge in [0.1, 0.15) is 30.7 Å². The van der Waals surface area contributed by atoms with E-state index in [1.54, 1.807) is 39.0 Å². The molecular formula is C34H48N2O15. The number of carbonyl (C=O) groups is 5. The third-order valence-electron chi connectivity index (χ3n) is 7.69. The highest BCUT2D eigenvalue weighted by atomic mass is 16.7. The number of hydrogen-bond donors (Lipinski definition) is 5. The number of aliphatic carboxylic acids is 1. The highest BCUT2D eigenvalue weighted by Crippen LogP contribution is 2.29. The molecule has 3 rings (SSSR count). The van der Waals surface area contributed by atoms with E-state index in [2.05, 4.69) is 5.32 Å². The third kappa shape index (κ3) is 13.3. The van der Waals surface area contributed by atoms with Crippen LogP contribution in [-0.4, -0.2) is 138 Å². The fourth-order valence-corrected chi connectivity index (χ4v) is 4.75. The van der Waals surface area contributed by atoms with Crippen LogP contribution in [0.15, 0.2) is 30.4 Å². The van der Waals surface area contributed by atoms with Crippen LogP contribution in [0.3, 0.4) is 0 Å². The minimum atomic E-state index is -1.87. The number of carbonyl (C=O) groups excluding carboxylic acids is 4. The molecule has 1 saturated heterocycles. The lowest BCUT2D eigenvalue weighted by atomic mass is 9.97. The molecule has 0 saturated carbocycles. The highest BCUT2D eigenvalue weighted by Gasteiger charge is 2.48. The Morgan fingerprint density at radius 3 is 2.14 bits per heavy atom. The van der Waals surface area contributed by atoms with E-state index in [4.69, 9.17) is 28.4 Å². The van der Waals surface area contributed by atoms with Crippen LogP contribution in [0.25, 0.3) is 0 Å². The third-order valence-corrected chi connectivity index (χ3v) is 7.69. The molecule has 2 aliphatic heterocycles. The van der Waals surface area contributed by atoms with Crippen molar-refractivity contribution in [3.05, 3.63) is 41.5 Å². The second-order valence-corrected chi connectivity index (χ2v) is 12.8. The fraction of sp³-hybridized carbons (Fsp3) is 0.618. The molecule has 1 aromatic rings. The number of nitrogens with one attached hydrogen (secondary N) is 1. The Hall–Kier alpha value is -3.97. The SMILES string of the molecule is CC(C)(C)C(=O)OCc1ccc(CCCOCCOCCOCCNC(=O)CCN2C(=O)C=CC2=O)cc1O[C@@H]1O[C@H](C(=O)O)[C@@H](O)[C@H](O)[C@H]1O. The molecule has 1 fully saturated rings. The molecule has 1 aromatic carbocycles. The highest BCUT2D eigenvalue weighted by molar-refractivity contribution is 6.13. The average molecular weight is 725 g/mol. The summed E-state index contributed by atoms with van der Waals surface area (Å²) in [6.07, 6.45) is -5.46. The van der Waals surface area contributed by atoms with Gasteiger partial charge in [0.25, 0.3) is 11.8 Å². The number of aliphatic hydroxyl groups excluding tert-OH is 3. The molecule has 0 aromatic heterocycles. The van der Waals surface area contributed by atoms with E-state index < -0.39 is 59.9 Å². The smallest absolute Gasteiger partial charge is 0.335 e. The van der Waals surface area contributed by atoms with Crippen molar-refractivity contribution in [1.29, 1.82) is 0 Å². The van der Waals surface area contributed by atoms with Gasteiger partial charge in [-0.3, -0.25) is 24.1 Å². The summed E-state index contributed by atoms with van der Waals surface area (Å²) in [6.45, 7) is 7.21. The molecule has 0 spiro atoms. The second-order valence-electron chi connectivity index (χ2n) is 12.8. The number of imide groups is 1. The first-order valence-corrected chi connectivity index (χ1v) is 16.6. The summed E-state index contributed by atoms with van der Waals surface area (Å²) in [5.41, 5.74) is 0.434. The van der Waals surface area contributed by atoms with Gasteiger partial charge in [0.2, 0.25) is 12.2 Å². The number of aryl methyl sites for hydroxylation is 1. The molecular weight excluding hydrogens is 676 g/mol. The van der Waals surface area contributed by atoms with Gasteiger partial charge >= 0.3 is 11.9 Å². The van der Waals surface area contributed by atoms with Crippen LogP contribution in [0.1, 0.15) is 44.7 Å². The molecule has 0 unspecified atom stereocenters. The van der Waals surface area contributed by atoms with Crippen molar-refractivity contribution < 1.29 is 72.8 Å². The molecule has 0 radical (unpaired) electrons. The van der Waals surface area contributed by atoms with Gasteiger partial charge in [-0.1, -0.05) is 12.1 Å². The molecule has 3 amide bonds. The first-order chi connectivity index (χ1) is 24.2. The van der Waals surface area contributed by atoms with Crippen molar-refractivity contribution in [2.24, 2.45) is 5.41 Å². The minimum Gasteiger partial charge on any atom is -0.479 e. The first-order valence-electron chi connectivity index (χ1n) is 16.6. The Morgan fingerprint density at radius 2 is 1.51 bits per heavy atom. The Labute approximate surface area is 295 Å². The number of rotatable bonds is 21. The quantitative estimate of drug-likeness (QED) is 0.0608. The Bertz CT molecular complexity index is 1360. The van der Waals surface area contributed by atoms with Crippen molar-refractivity contribution >= 4 is 29.7 Å². The lowest BCUT2D eigenvalue weighted by molar-refractivity contribution is -0.271. The maximum absolute atomic E-state index is 12.4. The van der Waals surface area contributed by atoms with Crippen LogP contribution in [0.4, 0.5) is 0 Å². The largest absolute Gasteiger partial charge is 0.479 e. The number of ether oxygens (including phenoxy) is 6. The van der Waals surface area contributed by atoms with E-state index >= 15 is 0 Å². The van der Waals surface area contributed by atoms with Crippen molar-refractivity contribution in [1.82, 2.24) is 10.2 Å². The summed E-state index contributed by atoms with van der Waals surface area (Å²) in [4.78, 5) is 59.8. The van der Waals surface area contributed by atoms with Crippen molar-refractivity contribution in [2.75, 3.05) is 52.7 Å². The predicted octanol–water partition coefficient (Wildman–Crippen LogP) is -0.539. The number of aliphatic hydroxyl groups is 3. The summed E-state index contributed by atoms with van der Waals surface area (Å²) in [5.74, 6) is -3.02. The number of esters is 1. The minimum absolute atomic E-state index is 0.00998. The van der Waals surface area contributed by atoms with E-state index in [0.717, 1.165) is 10.5 Å². The van der Waals surface area contributed by atoms with Crippen LogP contribution < -0.4 is 10.1 Å². The normalized spacial score (nSPS) is 21.9. The van der Waals surface area contributed by atoms with Crippen LogP contribution >= 0.6 is 0 Å². The summed E-state index contributed by atoms with van der Waals surface area (Å²) in [5, 5.41) is 42.7. The van der Waals surface area contributed by atoms with E-state index in [1.807, 2.05) is 0 Å². The molecule has 2 heterocycles. The maximum atomic E-state index is 12.4. The molecule has 17 heteroatoms. The van der Waals surface area contributed by atoms with E-state index in [-0.39, 0.29) is 44.4 Å². The number of carboxylic acid groups (broad SMARTS) is 1. The zero-order valence-electron chi connectivity index (χ0n) is 29.0. The number of benzene rings is 1. The zero-order valence-corrected chi connectivity index (χ0v) is 29.0. The molecule has 0 aliphatic carbocycles. The standard InChI is InChI=1S/C34H48N2O15/c1-34(2,3)33(45)49-20-22-7-6-21(19-23(22)50-32-29(42)27(40)28(41)30(51-32)31(43)44)5-4-13-46-15-17-48-18-16-47-14-11-35-24(37)10-12-36-25(38)8-9-26(36)39/h6-9,19,27-30,32,40-42H,4-5,10-18,20H2,1-3H3,(H,35,37)(H,43,44)/t27-,28-,29+,30-,32+/m0/s1. The van der Waals surface area contributed by atoms with Gasteiger partial charge in [0, 0.05) is 43.8 Å². The Kier molecular flexibility index (Phi) is 16.4. The van der Waals surface area contributed by atoms with Crippen LogP contribution in [0.5, 0.6) is 5.75 Å².